The minimum Gasteiger partial charge on any atom is -0.206 e. The zero-order valence-electron chi connectivity index (χ0n) is 8.35. The fourth-order valence-corrected chi connectivity index (χ4v) is 2.31. The van der Waals surface area contributed by atoms with Crippen LogP contribution in [0.3, 0.4) is 0 Å². The summed E-state index contributed by atoms with van der Waals surface area (Å²) in [6, 6.07) is 12.3. The van der Waals surface area contributed by atoms with Crippen LogP contribution in [0.2, 0.25) is 0 Å². The van der Waals surface area contributed by atoms with E-state index in [-0.39, 0.29) is 5.82 Å². The first kappa shape index (κ1) is 10.6. The summed E-state index contributed by atoms with van der Waals surface area (Å²) in [5.41, 5.74) is 0.601. The molecule has 0 radical (unpaired) electrons. The van der Waals surface area contributed by atoms with Crippen molar-refractivity contribution in [3.8, 4) is 16.5 Å². The Balaban J connectivity index is 2.36. The van der Waals surface area contributed by atoms with Gasteiger partial charge in [-0.2, -0.15) is 5.26 Å². The highest BCUT2D eigenvalue weighted by molar-refractivity contribution is 7.16. The Labute approximate surface area is 97.1 Å². The Kier molecular flexibility index (Phi) is 3.13. The molecule has 0 atom stereocenters. The lowest BCUT2D eigenvalue weighted by molar-refractivity contribution is 0.631. The van der Waals surface area contributed by atoms with E-state index in [9.17, 15) is 4.39 Å². The van der Waals surface area contributed by atoms with Gasteiger partial charge in [-0.05, 0) is 24.3 Å². The molecule has 1 nitrogen and oxygen atoms in total. The van der Waals surface area contributed by atoms with Crippen molar-refractivity contribution < 1.29 is 4.39 Å². The van der Waals surface area contributed by atoms with E-state index in [0.29, 0.717) is 5.56 Å². The van der Waals surface area contributed by atoms with Gasteiger partial charge < -0.3 is 0 Å². The highest BCUT2D eigenvalue weighted by Gasteiger charge is 2.05. The van der Waals surface area contributed by atoms with Crippen molar-refractivity contribution in [3.05, 3.63) is 53.2 Å². The average molecular weight is 229 g/mol. The fraction of sp³-hybridized carbons (Fsp3) is 0. The van der Waals surface area contributed by atoms with Gasteiger partial charge in [0, 0.05) is 21.4 Å². The van der Waals surface area contributed by atoms with Gasteiger partial charge in [0.05, 0.1) is 6.07 Å². The van der Waals surface area contributed by atoms with Crippen LogP contribution in [0.4, 0.5) is 4.39 Å². The number of benzene rings is 1. The van der Waals surface area contributed by atoms with E-state index in [0.717, 1.165) is 9.75 Å². The molecule has 0 unspecified atom stereocenters. The largest absolute Gasteiger partial charge is 0.206 e. The first-order valence-electron chi connectivity index (χ1n) is 4.72. The molecular weight excluding hydrogens is 221 g/mol. The summed E-state index contributed by atoms with van der Waals surface area (Å²) in [6.45, 7) is 0. The summed E-state index contributed by atoms with van der Waals surface area (Å²) in [7, 11) is 0. The highest BCUT2D eigenvalue weighted by atomic mass is 32.1. The SMILES string of the molecule is N#CC=Cc1ccc(-c2ccccc2F)s1. The molecule has 0 aliphatic carbocycles. The second kappa shape index (κ2) is 4.73. The van der Waals surface area contributed by atoms with Crippen LogP contribution in [0.1, 0.15) is 4.88 Å². The van der Waals surface area contributed by atoms with Crippen molar-refractivity contribution >= 4 is 17.4 Å². The molecule has 16 heavy (non-hydrogen) atoms. The molecule has 0 bridgehead atoms. The Bertz CT molecular complexity index is 563. The van der Waals surface area contributed by atoms with Crippen LogP contribution in [0.5, 0.6) is 0 Å². The van der Waals surface area contributed by atoms with Gasteiger partial charge in [-0.1, -0.05) is 18.2 Å². The third-order valence-electron chi connectivity index (χ3n) is 2.09. The van der Waals surface area contributed by atoms with E-state index in [1.807, 2.05) is 24.3 Å². The second-order valence-electron chi connectivity index (χ2n) is 3.14. The lowest BCUT2D eigenvalue weighted by Crippen LogP contribution is -1.78. The van der Waals surface area contributed by atoms with Gasteiger partial charge in [0.25, 0.3) is 0 Å². The molecule has 1 aromatic heterocycles. The summed E-state index contributed by atoms with van der Waals surface area (Å²) < 4.78 is 13.5. The Morgan fingerprint density at radius 3 is 2.75 bits per heavy atom. The maximum atomic E-state index is 13.5. The number of halogens is 1. The van der Waals surface area contributed by atoms with E-state index in [1.165, 1.54) is 23.5 Å². The molecule has 2 rings (SSSR count). The number of nitriles is 1. The molecule has 0 aliphatic rings. The van der Waals surface area contributed by atoms with E-state index >= 15 is 0 Å². The van der Waals surface area contributed by atoms with Crippen molar-refractivity contribution in [2.45, 2.75) is 0 Å². The van der Waals surface area contributed by atoms with Crippen LogP contribution in [0, 0.1) is 17.1 Å². The van der Waals surface area contributed by atoms with Crippen molar-refractivity contribution in [1.82, 2.24) is 0 Å². The number of hydrogen-bond acceptors (Lipinski definition) is 2. The first-order chi connectivity index (χ1) is 7.81. The highest BCUT2D eigenvalue weighted by Crippen LogP contribution is 2.30. The minimum absolute atomic E-state index is 0.222. The zero-order valence-corrected chi connectivity index (χ0v) is 9.17. The normalized spacial score (nSPS) is 10.5. The third kappa shape index (κ3) is 2.18. The summed E-state index contributed by atoms with van der Waals surface area (Å²) in [6.07, 6.45) is 3.13. The van der Waals surface area contributed by atoms with Crippen LogP contribution in [0.15, 0.2) is 42.5 Å². The molecule has 2 aromatic rings. The number of allylic oxidation sites excluding steroid dienone is 1. The summed E-state index contributed by atoms with van der Waals surface area (Å²) in [5.74, 6) is -0.222. The van der Waals surface area contributed by atoms with Crippen LogP contribution in [-0.4, -0.2) is 0 Å². The Morgan fingerprint density at radius 1 is 1.19 bits per heavy atom. The lowest BCUT2D eigenvalue weighted by Gasteiger charge is -1.97. The van der Waals surface area contributed by atoms with Crippen LogP contribution in [0.25, 0.3) is 16.5 Å². The van der Waals surface area contributed by atoms with Crippen molar-refractivity contribution in [3.63, 3.8) is 0 Å². The molecule has 3 heteroatoms. The first-order valence-corrected chi connectivity index (χ1v) is 5.54. The predicted octanol–water partition coefficient (Wildman–Crippen LogP) is 4.09. The maximum Gasteiger partial charge on any atom is 0.131 e. The Morgan fingerprint density at radius 2 is 2.00 bits per heavy atom. The summed E-state index contributed by atoms with van der Waals surface area (Å²) >= 11 is 1.46. The van der Waals surface area contributed by atoms with Gasteiger partial charge in [-0.15, -0.1) is 11.3 Å². The molecule has 0 fully saturated rings. The van der Waals surface area contributed by atoms with Crippen LogP contribution in [-0.2, 0) is 0 Å². The van der Waals surface area contributed by atoms with Gasteiger partial charge in [0.15, 0.2) is 0 Å². The molecule has 1 aromatic carbocycles. The molecule has 78 valence electrons. The molecule has 0 spiro atoms. The number of nitrogens with zero attached hydrogens (tertiary/aromatic N) is 1. The van der Waals surface area contributed by atoms with Gasteiger partial charge in [0.2, 0.25) is 0 Å². The summed E-state index contributed by atoms with van der Waals surface area (Å²) in [4.78, 5) is 1.82. The van der Waals surface area contributed by atoms with E-state index in [1.54, 1.807) is 18.2 Å². The molecular formula is C13H8FNS. The minimum atomic E-state index is -0.222. The molecule has 0 amide bonds. The lowest BCUT2D eigenvalue weighted by atomic mass is 10.2. The predicted molar refractivity (Wildman–Crippen MR) is 64.4 cm³/mol. The third-order valence-corrected chi connectivity index (χ3v) is 3.17. The topological polar surface area (TPSA) is 23.8 Å². The maximum absolute atomic E-state index is 13.5. The smallest absolute Gasteiger partial charge is 0.131 e. The van der Waals surface area contributed by atoms with Gasteiger partial charge in [-0.25, -0.2) is 4.39 Å². The van der Waals surface area contributed by atoms with Gasteiger partial charge in [-0.3, -0.25) is 0 Å². The van der Waals surface area contributed by atoms with Crippen molar-refractivity contribution in [2.75, 3.05) is 0 Å². The van der Waals surface area contributed by atoms with E-state index in [2.05, 4.69) is 0 Å². The van der Waals surface area contributed by atoms with Crippen molar-refractivity contribution in [2.24, 2.45) is 0 Å². The fourth-order valence-electron chi connectivity index (χ4n) is 1.37. The molecule has 0 saturated heterocycles. The van der Waals surface area contributed by atoms with Crippen LogP contribution >= 0.6 is 11.3 Å². The average Bonchev–Trinajstić information content (AvgIpc) is 2.75. The quantitative estimate of drug-likeness (QED) is 0.711. The van der Waals surface area contributed by atoms with Gasteiger partial charge >= 0.3 is 0 Å². The number of rotatable bonds is 2. The molecule has 1 heterocycles. The monoisotopic (exact) mass is 229 g/mol. The number of hydrogen-bond donors (Lipinski definition) is 0. The standard InChI is InChI=1S/C13H8FNS/c14-12-6-2-1-5-11(12)13-8-7-10(16-13)4-3-9-15/h1-8H. The zero-order chi connectivity index (χ0) is 11.4. The van der Waals surface area contributed by atoms with Crippen LogP contribution < -0.4 is 0 Å². The molecule has 0 N–H and O–H groups in total. The summed E-state index contributed by atoms with van der Waals surface area (Å²) in [5, 5.41) is 8.40. The Hall–Kier alpha value is -1.92. The van der Waals surface area contributed by atoms with E-state index < -0.39 is 0 Å². The van der Waals surface area contributed by atoms with Crippen molar-refractivity contribution in [1.29, 1.82) is 5.26 Å². The molecule has 0 saturated carbocycles. The van der Waals surface area contributed by atoms with E-state index in [4.69, 9.17) is 5.26 Å². The molecule has 0 aliphatic heterocycles. The number of thiophene rings is 1. The van der Waals surface area contributed by atoms with Gasteiger partial charge in [0.1, 0.15) is 5.82 Å². The second-order valence-corrected chi connectivity index (χ2v) is 4.26.